The zero-order valence-corrected chi connectivity index (χ0v) is 16.1. The van der Waals surface area contributed by atoms with Crippen LogP contribution in [0.15, 0.2) is 30.3 Å². The first kappa shape index (κ1) is 30.1. The molecule has 4 nitrogen and oxygen atoms in total. The van der Waals surface area contributed by atoms with Gasteiger partial charge in [-0.05, 0) is 26.7 Å². The predicted molar refractivity (Wildman–Crippen MR) is 100 cm³/mol. The number of carbonyl (C=O) groups is 1. The van der Waals surface area contributed by atoms with E-state index in [-0.39, 0.29) is 11.9 Å². The highest BCUT2D eigenvalue weighted by Gasteiger charge is 1.87. The van der Waals surface area contributed by atoms with Crippen LogP contribution in [0.2, 0.25) is 0 Å². The van der Waals surface area contributed by atoms with E-state index in [0.717, 1.165) is 12.8 Å². The van der Waals surface area contributed by atoms with Crippen molar-refractivity contribution in [2.45, 2.75) is 47.0 Å². The Balaban J connectivity index is -0.000000104. The van der Waals surface area contributed by atoms with Gasteiger partial charge in [0.2, 0.25) is 0 Å². The molecule has 0 aliphatic heterocycles. The van der Waals surface area contributed by atoms with Crippen LogP contribution in [-0.4, -0.2) is 39.8 Å². The van der Waals surface area contributed by atoms with Gasteiger partial charge in [0, 0.05) is 19.6 Å². The van der Waals surface area contributed by atoms with Gasteiger partial charge in [0.25, 0.3) is 0 Å². The summed E-state index contributed by atoms with van der Waals surface area (Å²) in [4.78, 5) is 9.60. The lowest BCUT2D eigenvalue weighted by Crippen LogP contribution is -1.90. The van der Waals surface area contributed by atoms with Gasteiger partial charge in [-0.25, -0.2) is 0 Å². The first-order valence-corrected chi connectivity index (χ1v) is 8.55. The molecule has 138 valence electrons. The number of rotatable bonds is 3. The topological polar surface area (TPSA) is 77.8 Å². The van der Waals surface area contributed by atoms with Gasteiger partial charge in [-0.3, -0.25) is 4.79 Å². The number of carboxylic acids is 1. The van der Waals surface area contributed by atoms with Crippen molar-refractivity contribution in [3.05, 3.63) is 35.9 Å². The molecule has 0 amide bonds. The van der Waals surface area contributed by atoms with E-state index in [1.165, 1.54) is 5.56 Å². The zero-order chi connectivity index (χ0) is 18.9. The highest BCUT2D eigenvalue weighted by atomic mass is 35.5. The van der Waals surface area contributed by atoms with E-state index < -0.39 is 5.97 Å². The number of aryl methyl sites for hydroxylation is 1. The average molecular weight is 371 g/mol. The lowest BCUT2D eigenvalue weighted by atomic mass is 10.2. The van der Waals surface area contributed by atoms with Crippen molar-refractivity contribution in [3.63, 3.8) is 0 Å². The molecule has 0 spiro atoms. The fourth-order valence-electron chi connectivity index (χ4n) is 0.748. The molecule has 0 aromatic heterocycles. The summed E-state index contributed by atoms with van der Waals surface area (Å²) >= 11 is 9.53. The average Bonchev–Trinajstić information content (AvgIpc) is 2.50. The Kier molecular flexibility index (Phi) is 43.1. The van der Waals surface area contributed by atoms with Gasteiger partial charge in [-0.1, -0.05) is 49.7 Å². The Morgan fingerprint density at radius 2 is 1.35 bits per heavy atom. The first-order valence-electron chi connectivity index (χ1n) is 7.48. The molecule has 0 saturated carbocycles. The summed E-state index contributed by atoms with van der Waals surface area (Å²) in [5.74, 6) is -0.711. The fraction of sp³-hybridized carbons (Fsp3) is 0.588. The van der Waals surface area contributed by atoms with Crippen LogP contribution in [0.1, 0.15) is 45.6 Å². The second-order valence-corrected chi connectivity index (χ2v) is 4.75. The summed E-state index contributed by atoms with van der Waals surface area (Å²) < 4.78 is 0. The molecule has 1 aromatic rings. The number of halogens is 2. The van der Waals surface area contributed by atoms with E-state index in [1.807, 2.05) is 32.0 Å². The maximum absolute atomic E-state index is 9.60. The minimum absolute atomic E-state index is 0.194. The van der Waals surface area contributed by atoms with Crippen LogP contribution in [-0.2, 0) is 4.79 Å². The maximum Gasteiger partial charge on any atom is 0.303 e. The standard InChI is InChI=1S/C7H8.C4H8O2.C3H8O.C2H6O.CH2Cl2/c1-7-5-3-2-4-6-7;1-2-3-4(5)6;1-2-3-4;1-2-3;2-1-3/h2-6H,1H3;2-3H2,1H3,(H,5,6);4H,2-3H2,1H3;3H,2H2,1H3;1H2. The molecular weight excluding hydrogens is 339 g/mol. The molecule has 0 fully saturated rings. The van der Waals surface area contributed by atoms with Crippen LogP contribution >= 0.6 is 23.2 Å². The Morgan fingerprint density at radius 3 is 1.43 bits per heavy atom. The molecule has 1 rings (SSSR count). The van der Waals surface area contributed by atoms with Gasteiger partial charge in [0.15, 0.2) is 0 Å². The van der Waals surface area contributed by atoms with E-state index in [1.54, 1.807) is 6.92 Å². The van der Waals surface area contributed by atoms with Crippen molar-refractivity contribution in [2.75, 3.05) is 18.6 Å². The van der Waals surface area contributed by atoms with Crippen LogP contribution < -0.4 is 0 Å². The second-order valence-electron chi connectivity index (χ2n) is 3.94. The molecule has 0 heterocycles. The number of aliphatic hydroxyl groups is 2. The van der Waals surface area contributed by atoms with E-state index in [0.29, 0.717) is 13.0 Å². The van der Waals surface area contributed by atoms with Gasteiger partial charge in [0.05, 0.1) is 5.34 Å². The fourth-order valence-corrected chi connectivity index (χ4v) is 0.748. The van der Waals surface area contributed by atoms with Crippen LogP contribution in [0.25, 0.3) is 0 Å². The highest BCUT2D eigenvalue weighted by molar-refractivity contribution is 6.40. The number of alkyl halides is 2. The number of hydrogen-bond donors (Lipinski definition) is 3. The number of benzene rings is 1. The first-order chi connectivity index (χ1) is 10.9. The Bertz CT molecular complexity index is 292. The van der Waals surface area contributed by atoms with Crippen LogP contribution in [0, 0.1) is 6.92 Å². The van der Waals surface area contributed by atoms with Gasteiger partial charge < -0.3 is 15.3 Å². The lowest BCUT2D eigenvalue weighted by molar-refractivity contribution is -0.137. The van der Waals surface area contributed by atoms with Gasteiger partial charge in [-0.15, -0.1) is 23.2 Å². The predicted octanol–water partition coefficient (Wildman–Crippen LogP) is 4.67. The molecule has 0 radical (unpaired) electrons. The quantitative estimate of drug-likeness (QED) is 0.675. The smallest absolute Gasteiger partial charge is 0.303 e. The molecule has 0 aliphatic carbocycles. The van der Waals surface area contributed by atoms with Gasteiger partial charge in [-0.2, -0.15) is 0 Å². The SMILES string of the molecule is CCCC(=O)O.CCCO.CCO.Cc1ccccc1.ClCCl. The molecule has 0 unspecified atom stereocenters. The molecule has 0 saturated heterocycles. The summed E-state index contributed by atoms with van der Waals surface area (Å²) in [5, 5.41) is 23.6. The molecule has 6 heteroatoms. The van der Waals surface area contributed by atoms with Crippen LogP contribution in [0.4, 0.5) is 0 Å². The van der Waals surface area contributed by atoms with E-state index in [9.17, 15) is 4.79 Å². The third kappa shape index (κ3) is 62.3. The van der Waals surface area contributed by atoms with E-state index >= 15 is 0 Å². The van der Waals surface area contributed by atoms with Crippen molar-refractivity contribution in [2.24, 2.45) is 0 Å². The van der Waals surface area contributed by atoms with Crippen molar-refractivity contribution in [3.8, 4) is 0 Å². The molecular formula is C17H32Cl2O4. The number of aliphatic hydroxyl groups excluding tert-OH is 2. The summed E-state index contributed by atoms with van der Waals surface area (Å²) in [6.45, 7) is 8.11. The summed E-state index contributed by atoms with van der Waals surface area (Å²) in [7, 11) is 0. The molecule has 23 heavy (non-hydrogen) atoms. The lowest BCUT2D eigenvalue weighted by Gasteiger charge is -1.82. The summed E-state index contributed by atoms with van der Waals surface area (Å²) in [6.07, 6.45) is 1.90. The third-order valence-corrected chi connectivity index (χ3v) is 1.63. The molecule has 1 aromatic carbocycles. The normalized spacial score (nSPS) is 7.65. The van der Waals surface area contributed by atoms with Crippen LogP contribution in [0.3, 0.4) is 0 Å². The molecule has 0 aliphatic rings. The zero-order valence-electron chi connectivity index (χ0n) is 14.6. The second kappa shape index (κ2) is 33.0. The Hall–Kier alpha value is -0.810. The molecule has 0 atom stereocenters. The summed E-state index contributed by atoms with van der Waals surface area (Å²) in [5.41, 5.74) is 1.32. The van der Waals surface area contributed by atoms with Gasteiger partial charge in [0.1, 0.15) is 0 Å². The van der Waals surface area contributed by atoms with E-state index in [2.05, 4.69) is 19.1 Å². The van der Waals surface area contributed by atoms with Crippen molar-refractivity contribution in [1.82, 2.24) is 0 Å². The third-order valence-electron chi connectivity index (χ3n) is 1.63. The number of aliphatic carboxylic acids is 1. The largest absolute Gasteiger partial charge is 0.481 e. The maximum atomic E-state index is 9.60. The molecule has 0 bridgehead atoms. The minimum Gasteiger partial charge on any atom is -0.481 e. The number of carboxylic acid groups (broad SMARTS) is 1. The highest BCUT2D eigenvalue weighted by Crippen LogP contribution is 1.92. The minimum atomic E-state index is -0.711. The van der Waals surface area contributed by atoms with Crippen molar-refractivity contribution >= 4 is 29.2 Å². The van der Waals surface area contributed by atoms with Crippen LogP contribution in [0.5, 0.6) is 0 Å². The summed E-state index contributed by atoms with van der Waals surface area (Å²) in [6, 6.07) is 10.3. The molecule has 3 N–H and O–H groups in total. The van der Waals surface area contributed by atoms with E-state index in [4.69, 9.17) is 38.5 Å². The Labute approximate surface area is 151 Å². The monoisotopic (exact) mass is 370 g/mol. The Morgan fingerprint density at radius 1 is 1.00 bits per heavy atom. The number of hydrogen-bond acceptors (Lipinski definition) is 3. The van der Waals surface area contributed by atoms with Crippen molar-refractivity contribution < 1.29 is 20.1 Å². The van der Waals surface area contributed by atoms with Gasteiger partial charge >= 0.3 is 5.97 Å². The van der Waals surface area contributed by atoms with Crippen molar-refractivity contribution in [1.29, 1.82) is 0 Å².